The standard InChI is InChI=1S/C28H36N2O.2ClH/c1-31-24-6-4-5-21(15-24)18-29-23-11-10-22-16-27-25-7-2-3-12-28(25,26(22)17-23)13-14-30(27)19-20-8-9-20;;/h4-6,10-11,15,17,20,25,27,29H,2-3,7-9,12-14,16,18-19H2,1H3;2*1H/t25-,27+,28+;;/m0../s1. The van der Waals surface area contributed by atoms with Gasteiger partial charge in [-0.05, 0) is 97.9 Å². The van der Waals surface area contributed by atoms with E-state index in [9.17, 15) is 0 Å². The average molecular weight is 490 g/mol. The molecule has 1 N–H and O–H groups in total. The quantitative estimate of drug-likeness (QED) is 0.494. The maximum atomic E-state index is 5.39. The van der Waals surface area contributed by atoms with Crippen LogP contribution in [0.5, 0.6) is 5.75 Å². The highest BCUT2D eigenvalue weighted by molar-refractivity contribution is 5.85. The third-order valence-corrected chi connectivity index (χ3v) is 8.77. The number of nitrogens with zero attached hydrogens (tertiary/aromatic N) is 1. The fourth-order valence-corrected chi connectivity index (χ4v) is 7.04. The van der Waals surface area contributed by atoms with Crippen molar-refractivity contribution >= 4 is 30.5 Å². The van der Waals surface area contributed by atoms with Crippen molar-refractivity contribution in [1.29, 1.82) is 0 Å². The Bertz CT molecular complexity index is 963. The summed E-state index contributed by atoms with van der Waals surface area (Å²) in [6, 6.07) is 16.5. The van der Waals surface area contributed by atoms with Gasteiger partial charge in [-0.3, -0.25) is 4.90 Å². The number of methoxy groups -OCH3 is 1. The van der Waals surface area contributed by atoms with Gasteiger partial charge in [0.15, 0.2) is 0 Å². The predicted molar refractivity (Wildman–Crippen MR) is 141 cm³/mol. The van der Waals surface area contributed by atoms with Crippen LogP contribution in [0.25, 0.3) is 0 Å². The van der Waals surface area contributed by atoms with Crippen LogP contribution in [-0.2, 0) is 18.4 Å². The van der Waals surface area contributed by atoms with E-state index in [2.05, 4.69) is 46.6 Å². The van der Waals surface area contributed by atoms with Gasteiger partial charge in [0, 0.05) is 30.2 Å². The zero-order valence-corrected chi connectivity index (χ0v) is 21.4. The molecule has 180 valence electrons. The van der Waals surface area contributed by atoms with Crippen molar-refractivity contribution in [2.24, 2.45) is 11.8 Å². The molecule has 2 bridgehead atoms. The lowest BCUT2D eigenvalue weighted by atomic mass is 9.52. The van der Waals surface area contributed by atoms with E-state index in [-0.39, 0.29) is 24.8 Å². The van der Waals surface area contributed by atoms with E-state index in [1.807, 2.05) is 6.07 Å². The van der Waals surface area contributed by atoms with Crippen molar-refractivity contribution in [2.75, 3.05) is 25.5 Å². The number of benzene rings is 2. The molecule has 3 aliphatic carbocycles. The minimum Gasteiger partial charge on any atom is -0.497 e. The molecule has 3 atom stereocenters. The fraction of sp³-hybridized carbons (Fsp3) is 0.571. The van der Waals surface area contributed by atoms with Crippen LogP contribution in [0.4, 0.5) is 5.69 Å². The lowest BCUT2D eigenvalue weighted by molar-refractivity contribution is -0.0133. The molecule has 0 amide bonds. The number of fused-ring (bicyclic) bond motifs is 1. The normalized spacial score (nSPS) is 27.9. The molecule has 0 spiro atoms. The van der Waals surface area contributed by atoms with Crippen LogP contribution in [-0.4, -0.2) is 31.1 Å². The first-order valence-electron chi connectivity index (χ1n) is 12.5. The first kappa shape index (κ1) is 24.7. The Morgan fingerprint density at radius 3 is 2.73 bits per heavy atom. The maximum absolute atomic E-state index is 5.39. The van der Waals surface area contributed by atoms with Crippen LogP contribution in [0.1, 0.15) is 61.6 Å². The lowest BCUT2D eigenvalue weighted by Gasteiger charge is -2.59. The largest absolute Gasteiger partial charge is 0.497 e. The van der Waals surface area contributed by atoms with Crippen molar-refractivity contribution < 1.29 is 4.74 Å². The minimum absolute atomic E-state index is 0. The number of anilines is 1. The third kappa shape index (κ3) is 4.61. The molecule has 3 nitrogen and oxygen atoms in total. The number of piperidine rings is 1. The van der Waals surface area contributed by atoms with Gasteiger partial charge in [0.2, 0.25) is 0 Å². The molecule has 1 saturated heterocycles. The highest BCUT2D eigenvalue weighted by Crippen LogP contribution is 2.56. The van der Waals surface area contributed by atoms with Crippen molar-refractivity contribution in [3.05, 3.63) is 59.2 Å². The average Bonchev–Trinajstić information content (AvgIpc) is 3.64. The molecule has 0 aromatic heterocycles. The van der Waals surface area contributed by atoms with Crippen molar-refractivity contribution in [1.82, 2.24) is 4.90 Å². The molecule has 1 aliphatic heterocycles. The number of hydrogen-bond donors (Lipinski definition) is 1. The lowest BCUT2D eigenvalue weighted by Crippen LogP contribution is -2.61. The van der Waals surface area contributed by atoms with E-state index >= 15 is 0 Å². The first-order chi connectivity index (χ1) is 15.2. The summed E-state index contributed by atoms with van der Waals surface area (Å²) in [5.74, 6) is 2.80. The van der Waals surface area contributed by atoms with E-state index in [0.29, 0.717) is 5.41 Å². The highest BCUT2D eigenvalue weighted by atomic mass is 35.5. The number of nitrogens with one attached hydrogen (secondary N) is 1. The number of ether oxygens (including phenoxy) is 1. The van der Waals surface area contributed by atoms with E-state index < -0.39 is 0 Å². The monoisotopic (exact) mass is 488 g/mol. The molecule has 2 saturated carbocycles. The Kier molecular flexibility index (Phi) is 7.53. The van der Waals surface area contributed by atoms with Gasteiger partial charge in [-0.25, -0.2) is 0 Å². The van der Waals surface area contributed by atoms with Crippen LogP contribution in [0.15, 0.2) is 42.5 Å². The smallest absolute Gasteiger partial charge is 0.119 e. The molecule has 1 heterocycles. The summed E-state index contributed by atoms with van der Waals surface area (Å²) in [7, 11) is 1.74. The Labute approximate surface area is 211 Å². The second-order valence-corrected chi connectivity index (χ2v) is 10.5. The van der Waals surface area contributed by atoms with Crippen molar-refractivity contribution in [2.45, 2.75) is 69.4 Å². The Morgan fingerprint density at radius 2 is 1.91 bits per heavy atom. The fourth-order valence-electron chi connectivity index (χ4n) is 7.04. The van der Waals surface area contributed by atoms with Gasteiger partial charge in [0.05, 0.1) is 7.11 Å². The Morgan fingerprint density at radius 1 is 1.03 bits per heavy atom. The molecule has 0 radical (unpaired) electrons. The summed E-state index contributed by atoms with van der Waals surface area (Å²) in [6.45, 7) is 3.52. The van der Waals surface area contributed by atoms with Crippen LogP contribution in [0, 0.1) is 11.8 Å². The number of halogens is 2. The topological polar surface area (TPSA) is 24.5 Å². The van der Waals surface area contributed by atoms with E-state index in [4.69, 9.17) is 4.74 Å². The summed E-state index contributed by atoms with van der Waals surface area (Å²) in [4.78, 5) is 2.91. The third-order valence-electron chi connectivity index (χ3n) is 8.77. The Hall–Kier alpha value is -1.42. The molecule has 2 aromatic carbocycles. The predicted octanol–water partition coefficient (Wildman–Crippen LogP) is 6.62. The molecule has 5 heteroatoms. The second-order valence-electron chi connectivity index (χ2n) is 10.5. The SMILES string of the molecule is COc1cccc(CNc2ccc3c(c2)[C@@]24CCCC[C@H]2[C@@H](C3)N(CC2CC2)CC4)c1.Cl.Cl. The number of rotatable bonds is 6. The van der Waals surface area contributed by atoms with Crippen LogP contribution < -0.4 is 10.1 Å². The molecule has 4 aliphatic rings. The molecule has 33 heavy (non-hydrogen) atoms. The molecule has 0 unspecified atom stereocenters. The van der Waals surface area contributed by atoms with Crippen LogP contribution >= 0.6 is 24.8 Å². The summed E-state index contributed by atoms with van der Waals surface area (Å²) < 4.78 is 5.39. The van der Waals surface area contributed by atoms with E-state index in [0.717, 1.165) is 30.2 Å². The summed E-state index contributed by atoms with van der Waals surface area (Å²) >= 11 is 0. The van der Waals surface area contributed by atoms with Gasteiger partial charge in [-0.1, -0.05) is 31.0 Å². The van der Waals surface area contributed by atoms with Gasteiger partial charge < -0.3 is 10.1 Å². The molecular weight excluding hydrogens is 451 g/mol. The van der Waals surface area contributed by atoms with E-state index in [1.165, 1.54) is 75.7 Å². The van der Waals surface area contributed by atoms with Crippen molar-refractivity contribution in [3.63, 3.8) is 0 Å². The van der Waals surface area contributed by atoms with Gasteiger partial charge in [0.25, 0.3) is 0 Å². The zero-order chi connectivity index (χ0) is 20.8. The van der Waals surface area contributed by atoms with Gasteiger partial charge in [0.1, 0.15) is 5.75 Å². The molecule has 6 rings (SSSR count). The minimum atomic E-state index is 0. The first-order valence-corrected chi connectivity index (χ1v) is 12.5. The summed E-state index contributed by atoms with van der Waals surface area (Å²) in [6.07, 6.45) is 11.3. The van der Waals surface area contributed by atoms with Crippen LogP contribution in [0.2, 0.25) is 0 Å². The van der Waals surface area contributed by atoms with E-state index in [1.54, 1.807) is 18.2 Å². The number of hydrogen-bond acceptors (Lipinski definition) is 3. The molecule has 3 fully saturated rings. The molecular formula is C28H38Cl2N2O. The summed E-state index contributed by atoms with van der Waals surface area (Å²) in [5.41, 5.74) is 6.30. The second kappa shape index (κ2) is 10.1. The maximum Gasteiger partial charge on any atom is 0.119 e. The van der Waals surface area contributed by atoms with Gasteiger partial charge >= 0.3 is 0 Å². The number of likely N-dealkylation sites (tertiary alicyclic amines) is 1. The Balaban J connectivity index is 0.00000130. The van der Waals surface area contributed by atoms with Gasteiger partial charge in [-0.15, -0.1) is 24.8 Å². The van der Waals surface area contributed by atoms with Crippen molar-refractivity contribution in [3.8, 4) is 5.75 Å². The van der Waals surface area contributed by atoms with Gasteiger partial charge in [-0.2, -0.15) is 0 Å². The summed E-state index contributed by atoms with van der Waals surface area (Å²) in [5, 5.41) is 3.71. The zero-order valence-electron chi connectivity index (χ0n) is 19.7. The molecule has 2 aromatic rings. The van der Waals surface area contributed by atoms with Crippen LogP contribution in [0.3, 0.4) is 0 Å². The highest BCUT2D eigenvalue weighted by Gasteiger charge is 2.54.